The summed E-state index contributed by atoms with van der Waals surface area (Å²) < 4.78 is 4.89. The number of allylic oxidation sites excluding steroid dienone is 1. The van der Waals surface area contributed by atoms with Gasteiger partial charge in [-0.25, -0.2) is 0 Å². The molecule has 0 amide bonds. The van der Waals surface area contributed by atoms with Crippen molar-refractivity contribution in [2.75, 3.05) is 27.8 Å². The maximum atomic E-state index is 8.69. The van der Waals surface area contributed by atoms with E-state index in [1.807, 2.05) is 25.2 Å². The van der Waals surface area contributed by atoms with Gasteiger partial charge in [0.25, 0.3) is 0 Å². The number of nitrogens with zero attached hydrogens (tertiary/aromatic N) is 2. The highest BCUT2D eigenvalue weighted by Gasteiger charge is 1.95. The largest absolute Gasteiger partial charge is 0.385 e. The Hall–Kier alpha value is -1.01. The summed E-state index contributed by atoms with van der Waals surface area (Å²) in [6.45, 7) is 0.715. The standard InChI is InChI=1S/C9H16N2O/c1-11(2)8-9(7-10)5-4-6-12-3/h8H,4-6H2,1-3H3/b9-8-. The molecule has 0 fully saturated rings. The van der Waals surface area contributed by atoms with Gasteiger partial charge in [-0.15, -0.1) is 0 Å². The molecule has 0 unspecified atom stereocenters. The monoisotopic (exact) mass is 168 g/mol. The number of nitriles is 1. The van der Waals surface area contributed by atoms with Crippen LogP contribution in [0, 0.1) is 11.3 Å². The van der Waals surface area contributed by atoms with Gasteiger partial charge in [0.1, 0.15) is 0 Å². The van der Waals surface area contributed by atoms with Crippen LogP contribution in [0.2, 0.25) is 0 Å². The summed E-state index contributed by atoms with van der Waals surface area (Å²) in [5, 5.41) is 8.69. The Labute approximate surface area is 74.2 Å². The van der Waals surface area contributed by atoms with Crippen molar-refractivity contribution < 1.29 is 4.74 Å². The van der Waals surface area contributed by atoms with Gasteiger partial charge >= 0.3 is 0 Å². The first-order valence-corrected chi connectivity index (χ1v) is 3.97. The minimum Gasteiger partial charge on any atom is -0.385 e. The lowest BCUT2D eigenvalue weighted by atomic mass is 10.2. The van der Waals surface area contributed by atoms with Crippen LogP contribution in [0.5, 0.6) is 0 Å². The van der Waals surface area contributed by atoms with Gasteiger partial charge in [-0.05, 0) is 12.8 Å². The van der Waals surface area contributed by atoms with Crippen LogP contribution in [0.15, 0.2) is 11.8 Å². The Kier molecular flexibility index (Phi) is 6.12. The second-order valence-corrected chi connectivity index (χ2v) is 2.83. The second kappa shape index (κ2) is 6.68. The van der Waals surface area contributed by atoms with Crippen molar-refractivity contribution in [1.29, 1.82) is 5.26 Å². The van der Waals surface area contributed by atoms with Crippen LogP contribution < -0.4 is 0 Å². The van der Waals surface area contributed by atoms with Crippen molar-refractivity contribution in [1.82, 2.24) is 4.90 Å². The molecule has 0 saturated carbocycles. The SMILES string of the molecule is COCCC/C(C#N)=C/N(C)C. The minimum absolute atomic E-state index is 0.715. The Morgan fingerprint density at radius 2 is 2.25 bits per heavy atom. The fraction of sp³-hybridized carbons (Fsp3) is 0.667. The van der Waals surface area contributed by atoms with Crippen LogP contribution in [0.1, 0.15) is 12.8 Å². The van der Waals surface area contributed by atoms with E-state index >= 15 is 0 Å². The Morgan fingerprint density at radius 3 is 2.67 bits per heavy atom. The van der Waals surface area contributed by atoms with Gasteiger partial charge in [-0.2, -0.15) is 5.26 Å². The summed E-state index contributed by atoms with van der Waals surface area (Å²) in [6, 6.07) is 2.16. The zero-order valence-electron chi connectivity index (χ0n) is 8.00. The Bertz CT molecular complexity index is 179. The van der Waals surface area contributed by atoms with Crippen LogP contribution in [-0.2, 0) is 4.74 Å². The van der Waals surface area contributed by atoms with E-state index in [-0.39, 0.29) is 0 Å². The normalized spacial score (nSPS) is 11.0. The van der Waals surface area contributed by atoms with E-state index in [1.165, 1.54) is 0 Å². The van der Waals surface area contributed by atoms with E-state index in [0.29, 0.717) is 6.61 Å². The zero-order valence-corrected chi connectivity index (χ0v) is 8.00. The smallest absolute Gasteiger partial charge is 0.0962 e. The fourth-order valence-electron chi connectivity index (χ4n) is 0.868. The van der Waals surface area contributed by atoms with E-state index in [2.05, 4.69) is 6.07 Å². The lowest BCUT2D eigenvalue weighted by Crippen LogP contribution is -2.02. The van der Waals surface area contributed by atoms with E-state index in [4.69, 9.17) is 10.00 Å². The summed E-state index contributed by atoms with van der Waals surface area (Å²) >= 11 is 0. The van der Waals surface area contributed by atoms with Crippen LogP contribution in [0.3, 0.4) is 0 Å². The van der Waals surface area contributed by atoms with E-state index < -0.39 is 0 Å². The van der Waals surface area contributed by atoms with Crippen LogP contribution in [0.4, 0.5) is 0 Å². The molecule has 0 radical (unpaired) electrons. The molecule has 0 aliphatic carbocycles. The molecular formula is C9H16N2O. The summed E-state index contributed by atoms with van der Waals surface area (Å²) in [7, 11) is 5.49. The molecule has 0 aliphatic rings. The number of hydrogen-bond acceptors (Lipinski definition) is 3. The summed E-state index contributed by atoms with van der Waals surface area (Å²) in [4.78, 5) is 1.88. The summed E-state index contributed by atoms with van der Waals surface area (Å²) in [5.74, 6) is 0. The number of hydrogen-bond donors (Lipinski definition) is 0. The van der Waals surface area contributed by atoms with Gasteiger partial charge in [0.15, 0.2) is 0 Å². The highest BCUT2D eigenvalue weighted by molar-refractivity contribution is 5.19. The average Bonchev–Trinajstić information content (AvgIpc) is 2.02. The highest BCUT2D eigenvalue weighted by Crippen LogP contribution is 2.03. The predicted molar refractivity (Wildman–Crippen MR) is 48.5 cm³/mol. The Morgan fingerprint density at radius 1 is 1.58 bits per heavy atom. The molecule has 0 aliphatic heterocycles. The van der Waals surface area contributed by atoms with Gasteiger partial charge in [0.2, 0.25) is 0 Å². The summed E-state index contributed by atoms with van der Waals surface area (Å²) in [5.41, 5.74) is 0.803. The van der Waals surface area contributed by atoms with Crippen LogP contribution in [0.25, 0.3) is 0 Å². The molecule has 0 saturated heterocycles. The number of rotatable bonds is 5. The molecule has 0 aromatic heterocycles. The van der Waals surface area contributed by atoms with Crippen molar-refractivity contribution in [3.8, 4) is 6.07 Å². The molecule has 0 atom stereocenters. The molecule has 12 heavy (non-hydrogen) atoms. The first-order valence-electron chi connectivity index (χ1n) is 3.97. The maximum Gasteiger partial charge on any atom is 0.0962 e. The molecule has 0 rings (SSSR count). The van der Waals surface area contributed by atoms with Gasteiger partial charge in [0.05, 0.1) is 6.07 Å². The molecule has 0 N–H and O–H groups in total. The fourth-order valence-corrected chi connectivity index (χ4v) is 0.868. The lowest BCUT2D eigenvalue weighted by Gasteiger charge is -2.05. The van der Waals surface area contributed by atoms with Crippen molar-refractivity contribution in [3.05, 3.63) is 11.8 Å². The average molecular weight is 168 g/mol. The van der Waals surface area contributed by atoms with Crippen molar-refractivity contribution in [2.45, 2.75) is 12.8 Å². The van der Waals surface area contributed by atoms with E-state index in [1.54, 1.807) is 7.11 Å². The molecule has 3 heteroatoms. The quantitative estimate of drug-likeness (QED) is 0.459. The molecule has 0 spiro atoms. The van der Waals surface area contributed by atoms with Crippen molar-refractivity contribution in [3.63, 3.8) is 0 Å². The molecule has 3 nitrogen and oxygen atoms in total. The third-order valence-corrected chi connectivity index (χ3v) is 1.35. The third kappa shape index (κ3) is 5.75. The molecule has 68 valence electrons. The van der Waals surface area contributed by atoms with Gasteiger partial charge in [-0.3, -0.25) is 0 Å². The van der Waals surface area contributed by atoms with Gasteiger partial charge in [-0.1, -0.05) is 0 Å². The molecule has 0 aromatic carbocycles. The van der Waals surface area contributed by atoms with Gasteiger partial charge < -0.3 is 9.64 Å². The molecule has 0 aromatic rings. The highest BCUT2D eigenvalue weighted by atomic mass is 16.5. The first-order chi connectivity index (χ1) is 5.70. The second-order valence-electron chi connectivity index (χ2n) is 2.83. The molecule has 0 bridgehead atoms. The predicted octanol–water partition coefficient (Wildman–Crippen LogP) is 1.38. The lowest BCUT2D eigenvalue weighted by molar-refractivity contribution is 0.195. The van der Waals surface area contributed by atoms with Gasteiger partial charge in [0, 0.05) is 39.6 Å². The topological polar surface area (TPSA) is 36.3 Å². The van der Waals surface area contributed by atoms with E-state index in [9.17, 15) is 0 Å². The number of methoxy groups -OCH3 is 1. The third-order valence-electron chi connectivity index (χ3n) is 1.35. The maximum absolute atomic E-state index is 8.69. The molecular weight excluding hydrogens is 152 g/mol. The Balaban J connectivity index is 3.78. The van der Waals surface area contributed by atoms with Crippen LogP contribution in [-0.4, -0.2) is 32.7 Å². The first kappa shape index (κ1) is 11.0. The van der Waals surface area contributed by atoms with Crippen LogP contribution >= 0.6 is 0 Å². The summed E-state index contributed by atoms with van der Waals surface area (Å²) in [6.07, 6.45) is 3.54. The molecule has 0 heterocycles. The number of ether oxygens (including phenoxy) is 1. The minimum atomic E-state index is 0.715. The van der Waals surface area contributed by atoms with E-state index in [0.717, 1.165) is 18.4 Å². The van der Waals surface area contributed by atoms with Crippen molar-refractivity contribution >= 4 is 0 Å². The zero-order chi connectivity index (χ0) is 9.40. The van der Waals surface area contributed by atoms with Crippen molar-refractivity contribution in [2.24, 2.45) is 0 Å².